The average Bonchev–Trinajstić information content (AvgIpc) is 2.22. The first-order valence-corrected chi connectivity index (χ1v) is 3.68. The Morgan fingerprint density at radius 2 is 2.44 bits per heavy atom. The van der Waals surface area contributed by atoms with Gasteiger partial charge in [-0.2, -0.15) is 0 Å². The summed E-state index contributed by atoms with van der Waals surface area (Å²) in [4.78, 5) is 0. The van der Waals surface area contributed by atoms with Gasteiger partial charge in [0.25, 0.3) is 0 Å². The highest BCUT2D eigenvalue weighted by molar-refractivity contribution is 7.17. The molecule has 0 atom stereocenters. The Labute approximate surface area is 56.9 Å². The van der Waals surface area contributed by atoms with Crippen LogP contribution in [-0.4, -0.2) is 0 Å². The first-order chi connectivity index (χ1) is 4.36. The molecule has 0 aliphatic rings. The van der Waals surface area contributed by atoms with E-state index < -0.39 is 0 Å². The van der Waals surface area contributed by atoms with Crippen molar-refractivity contribution in [3.8, 4) is 0 Å². The Kier molecular flexibility index (Phi) is 0.904. The third-order valence-corrected chi connectivity index (χ3v) is 2.11. The third-order valence-electron chi connectivity index (χ3n) is 1.26. The zero-order valence-electron chi connectivity index (χ0n) is 5.05. The van der Waals surface area contributed by atoms with Gasteiger partial charge in [0.15, 0.2) is 0 Å². The second-order valence-corrected chi connectivity index (χ2v) is 2.95. The van der Waals surface area contributed by atoms with Gasteiger partial charge < -0.3 is 4.42 Å². The number of fused-ring (bicyclic) bond motifs is 1. The number of aryl methyl sites for hydroxylation is 1. The number of hydrogen-bond donors (Lipinski definition) is 0. The minimum Gasteiger partial charge on any atom is -0.460 e. The molecule has 0 bridgehead atoms. The molecule has 2 heterocycles. The Balaban J connectivity index is 2.92. The van der Waals surface area contributed by atoms with Crippen LogP contribution in [0.25, 0.3) is 10.3 Å². The highest BCUT2D eigenvalue weighted by Crippen LogP contribution is 2.23. The summed E-state index contributed by atoms with van der Waals surface area (Å²) in [5.41, 5.74) is 1.01. The van der Waals surface area contributed by atoms with Crippen molar-refractivity contribution in [2.24, 2.45) is 0 Å². The van der Waals surface area contributed by atoms with Crippen LogP contribution in [0.1, 0.15) is 5.76 Å². The standard InChI is InChI=1S/C7H6OS/c1-5-4-7-6(8-5)2-3-9-7/h2-4H,1H3. The molecule has 0 N–H and O–H groups in total. The fourth-order valence-electron chi connectivity index (χ4n) is 0.886. The maximum Gasteiger partial charge on any atom is 0.145 e. The molecule has 46 valence electrons. The van der Waals surface area contributed by atoms with Crippen molar-refractivity contribution >= 4 is 21.6 Å². The molecule has 0 radical (unpaired) electrons. The molecule has 1 nitrogen and oxygen atoms in total. The van der Waals surface area contributed by atoms with E-state index in [4.69, 9.17) is 4.42 Å². The van der Waals surface area contributed by atoms with Crippen molar-refractivity contribution in [1.29, 1.82) is 0 Å². The van der Waals surface area contributed by atoms with Gasteiger partial charge in [-0.25, -0.2) is 0 Å². The largest absolute Gasteiger partial charge is 0.460 e. The lowest BCUT2D eigenvalue weighted by atomic mass is 10.5. The lowest BCUT2D eigenvalue weighted by molar-refractivity contribution is 0.579. The van der Waals surface area contributed by atoms with Crippen LogP contribution in [0.4, 0.5) is 0 Å². The minimum atomic E-state index is 0.997. The van der Waals surface area contributed by atoms with Gasteiger partial charge in [-0.05, 0) is 24.4 Å². The van der Waals surface area contributed by atoms with Crippen molar-refractivity contribution < 1.29 is 4.42 Å². The van der Waals surface area contributed by atoms with Crippen molar-refractivity contribution in [3.63, 3.8) is 0 Å². The van der Waals surface area contributed by atoms with Crippen LogP contribution in [0.5, 0.6) is 0 Å². The molecule has 0 aromatic carbocycles. The van der Waals surface area contributed by atoms with Crippen LogP contribution >= 0.6 is 11.3 Å². The zero-order valence-corrected chi connectivity index (χ0v) is 5.87. The van der Waals surface area contributed by atoms with E-state index in [2.05, 4.69) is 6.07 Å². The van der Waals surface area contributed by atoms with E-state index in [-0.39, 0.29) is 0 Å². The summed E-state index contributed by atoms with van der Waals surface area (Å²) in [5.74, 6) is 0.997. The van der Waals surface area contributed by atoms with Crippen LogP contribution in [-0.2, 0) is 0 Å². The summed E-state index contributed by atoms with van der Waals surface area (Å²) in [7, 11) is 0. The molecule has 0 aliphatic carbocycles. The maximum atomic E-state index is 5.32. The molecular weight excluding hydrogens is 132 g/mol. The molecule has 2 heteroatoms. The normalized spacial score (nSPS) is 10.8. The predicted molar refractivity (Wildman–Crippen MR) is 38.8 cm³/mol. The molecule has 0 aliphatic heterocycles. The summed E-state index contributed by atoms with van der Waals surface area (Å²) < 4.78 is 6.56. The Morgan fingerprint density at radius 3 is 3.22 bits per heavy atom. The van der Waals surface area contributed by atoms with Gasteiger partial charge in [0.05, 0.1) is 4.70 Å². The maximum absolute atomic E-state index is 5.32. The highest BCUT2D eigenvalue weighted by Gasteiger charge is 1.97. The van der Waals surface area contributed by atoms with E-state index in [1.54, 1.807) is 11.3 Å². The average molecular weight is 138 g/mol. The Hall–Kier alpha value is -0.760. The monoisotopic (exact) mass is 138 g/mol. The Bertz CT molecular complexity index is 290. The van der Waals surface area contributed by atoms with Crippen molar-refractivity contribution in [2.45, 2.75) is 6.92 Å². The van der Waals surface area contributed by atoms with Gasteiger partial charge in [0, 0.05) is 0 Å². The number of furan rings is 1. The van der Waals surface area contributed by atoms with Gasteiger partial charge in [0.2, 0.25) is 0 Å². The van der Waals surface area contributed by atoms with Crippen LogP contribution < -0.4 is 0 Å². The molecule has 0 spiro atoms. The number of hydrogen-bond acceptors (Lipinski definition) is 2. The van der Waals surface area contributed by atoms with Gasteiger partial charge in [-0.3, -0.25) is 0 Å². The molecule has 2 aromatic heterocycles. The fraction of sp³-hybridized carbons (Fsp3) is 0.143. The van der Waals surface area contributed by atoms with Crippen LogP contribution in [0, 0.1) is 6.92 Å². The van der Waals surface area contributed by atoms with Gasteiger partial charge >= 0.3 is 0 Å². The minimum absolute atomic E-state index is 0.997. The molecule has 2 aromatic rings. The molecule has 0 amide bonds. The molecule has 2 rings (SSSR count). The third kappa shape index (κ3) is 0.669. The molecular formula is C7H6OS. The lowest BCUT2D eigenvalue weighted by Gasteiger charge is -1.73. The molecule has 0 saturated carbocycles. The predicted octanol–water partition coefficient (Wildman–Crippen LogP) is 2.80. The van der Waals surface area contributed by atoms with Crippen LogP contribution in [0.3, 0.4) is 0 Å². The topological polar surface area (TPSA) is 13.1 Å². The Morgan fingerprint density at radius 1 is 1.56 bits per heavy atom. The SMILES string of the molecule is Cc1cc2sccc2o1. The van der Waals surface area contributed by atoms with Crippen molar-refractivity contribution in [1.82, 2.24) is 0 Å². The second kappa shape index (κ2) is 1.61. The van der Waals surface area contributed by atoms with E-state index in [9.17, 15) is 0 Å². The lowest BCUT2D eigenvalue weighted by Crippen LogP contribution is -1.50. The summed E-state index contributed by atoms with van der Waals surface area (Å²) in [6.07, 6.45) is 0. The summed E-state index contributed by atoms with van der Waals surface area (Å²) in [5, 5.41) is 2.04. The summed E-state index contributed by atoms with van der Waals surface area (Å²) >= 11 is 1.71. The van der Waals surface area contributed by atoms with Gasteiger partial charge in [-0.1, -0.05) is 0 Å². The van der Waals surface area contributed by atoms with E-state index in [1.807, 2.05) is 18.4 Å². The zero-order chi connectivity index (χ0) is 6.27. The quantitative estimate of drug-likeness (QED) is 0.545. The van der Waals surface area contributed by atoms with Gasteiger partial charge in [-0.15, -0.1) is 11.3 Å². The summed E-state index contributed by atoms with van der Waals surface area (Å²) in [6, 6.07) is 4.05. The first kappa shape index (κ1) is 5.06. The summed E-state index contributed by atoms with van der Waals surface area (Å²) in [6.45, 7) is 1.96. The number of thiophene rings is 1. The van der Waals surface area contributed by atoms with E-state index >= 15 is 0 Å². The molecule has 0 fully saturated rings. The van der Waals surface area contributed by atoms with Crippen LogP contribution in [0.15, 0.2) is 21.9 Å². The smallest absolute Gasteiger partial charge is 0.145 e. The van der Waals surface area contributed by atoms with Crippen molar-refractivity contribution in [2.75, 3.05) is 0 Å². The van der Waals surface area contributed by atoms with E-state index in [0.717, 1.165) is 11.3 Å². The van der Waals surface area contributed by atoms with Crippen molar-refractivity contribution in [3.05, 3.63) is 23.3 Å². The molecule has 0 saturated heterocycles. The second-order valence-electron chi connectivity index (χ2n) is 2.01. The van der Waals surface area contributed by atoms with Gasteiger partial charge in [0.1, 0.15) is 11.3 Å². The first-order valence-electron chi connectivity index (χ1n) is 2.80. The van der Waals surface area contributed by atoms with E-state index in [1.165, 1.54) is 4.70 Å². The fourth-order valence-corrected chi connectivity index (χ4v) is 1.68. The van der Waals surface area contributed by atoms with E-state index in [0.29, 0.717) is 0 Å². The number of rotatable bonds is 0. The van der Waals surface area contributed by atoms with Crippen LogP contribution in [0.2, 0.25) is 0 Å². The highest BCUT2D eigenvalue weighted by atomic mass is 32.1. The molecule has 9 heavy (non-hydrogen) atoms. The molecule has 0 unspecified atom stereocenters.